The van der Waals surface area contributed by atoms with E-state index in [-0.39, 0.29) is 15.0 Å². The summed E-state index contributed by atoms with van der Waals surface area (Å²) < 4.78 is 13.6. The fourth-order valence-electron chi connectivity index (χ4n) is 1.45. The largest absolute Gasteiger partial charge is 0.287 e. The van der Waals surface area contributed by atoms with Crippen LogP contribution in [-0.4, -0.2) is 11.0 Å². The van der Waals surface area contributed by atoms with Crippen molar-refractivity contribution in [2.24, 2.45) is 11.0 Å². The van der Waals surface area contributed by atoms with Crippen LogP contribution in [0.3, 0.4) is 0 Å². The molecule has 0 saturated carbocycles. The van der Waals surface area contributed by atoms with Gasteiger partial charge in [-0.2, -0.15) is 0 Å². The standard InChI is InChI=1S/C13H13ClFN3O2S/c1-7(2)3-4-12(19)21-11-5-8(13(20)17-18-16)10(15)6-9(11)14/h5-7H,3-4H2,1-2H3. The van der Waals surface area contributed by atoms with E-state index in [0.717, 1.165) is 30.3 Å². The maximum Gasteiger partial charge on any atom is 0.252 e. The monoisotopic (exact) mass is 329 g/mol. The van der Waals surface area contributed by atoms with Crippen LogP contribution in [0.4, 0.5) is 4.39 Å². The molecule has 112 valence electrons. The summed E-state index contributed by atoms with van der Waals surface area (Å²) in [5.74, 6) is -1.56. The Hall–Kier alpha value is -1.56. The summed E-state index contributed by atoms with van der Waals surface area (Å²) in [5, 5.41) is 2.74. The van der Waals surface area contributed by atoms with Crippen molar-refractivity contribution in [1.82, 2.24) is 0 Å². The number of carbonyl (C=O) groups is 2. The molecule has 0 spiro atoms. The van der Waals surface area contributed by atoms with Crippen LogP contribution < -0.4 is 0 Å². The van der Waals surface area contributed by atoms with Gasteiger partial charge < -0.3 is 0 Å². The van der Waals surface area contributed by atoms with Gasteiger partial charge in [0, 0.05) is 16.2 Å². The molecule has 5 nitrogen and oxygen atoms in total. The predicted molar refractivity (Wildman–Crippen MR) is 79.8 cm³/mol. The van der Waals surface area contributed by atoms with Crippen molar-refractivity contribution in [2.75, 3.05) is 0 Å². The molecule has 0 N–H and O–H groups in total. The number of benzene rings is 1. The van der Waals surface area contributed by atoms with E-state index in [4.69, 9.17) is 17.1 Å². The summed E-state index contributed by atoms with van der Waals surface area (Å²) in [5.41, 5.74) is 7.80. The number of hydrogen-bond acceptors (Lipinski definition) is 3. The molecule has 1 aromatic carbocycles. The number of thioether (sulfide) groups is 1. The number of halogens is 2. The lowest BCUT2D eigenvalue weighted by Crippen LogP contribution is -2.01. The van der Waals surface area contributed by atoms with Gasteiger partial charge in [-0.3, -0.25) is 9.59 Å². The number of hydrogen-bond donors (Lipinski definition) is 0. The molecule has 1 aromatic rings. The van der Waals surface area contributed by atoms with Gasteiger partial charge in [-0.1, -0.05) is 37.2 Å². The van der Waals surface area contributed by atoms with Crippen molar-refractivity contribution < 1.29 is 14.0 Å². The lowest BCUT2D eigenvalue weighted by Gasteiger charge is -2.07. The first-order valence-corrected chi connectivity index (χ1v) is 7.33. The molecule has 0 unspecified atom stereocenters. The minimum atomic E-state index is -1.05. The first-order valence-electron chi connectivity index (χ1n) is 6.14. The van der Waals surface area contributed by atoms with Crippen LogP contribution in [0.1, 0.15) is 37.0 Å². The van der Waals surface area contributed by atoms with E-state index in [1.54, 1.807) is 0 Å². The Kier molecular flexibility index (Phi) is 6.68. The van der Waals surface area contributed by atoms with Crippen LogP contribution in [0.25, 0.3) is 10.4 Å². The van der Waals surface area contributed by atoms with Crippen LogP contribution >= 0.6 is 23.4 Å². The van der Waals surface area contributed by atoms with Gasteiger partial charge in [-0.05, 0) is 35.1 Å². The summed E-state index contributed by atoms with van der Waals surface area (Å²) in [4.78, 5) is 25.8. The molecule has 0 atom stereocenters. The van der Waals surface area contributed by atoms with E-state index in [1.807, 2.05) is 13.8 Å². The number of nitrogens with zero attached hydrogens (tertiary/aromatic N) is 3. The fourth-order valence-corrected chi connectivity index (χ4v) is 2.51. The van der Waals surface area contributed by atoms with Gasteiger partial charge in [-0.25, -0.2) is 4.39 Å². The minimum absolute atomic E-state index is 0.0351. The summed E-state index contributed by atoms with van der Waals surface area (Å²) in [6.45, 7) is 4.00. The zero-order valence-corrected chi connectivity index (χ0v) is 13.0. The molecule has 0 bridgehead atoms. The first-order chi connectivity index (χ1) is 9.85. The molecule has 1 rings (SSSR count). The number of rotatable bonds is 5. The van der Waals surface area contributed by atoms with Crippen molar-refractivity contribution in [3.05, 3.63) is 39.0 Å². The molecule has 21 heavy (non-hydrogen) atoms. The Morgan fingerprint density at radius 2 is 2.14 bits per heavy atom. The molecule has 0 saturated heterocycles. The average molecular weight is 330 g/mol. The average Bonchev–Trinajstić information content (AvgIpc) is 2.39. The molecule has 0 aliphatic carbocycles. The number of amides is 1. The van der Waals surface area contributed by atoms with Crippen molar-refractivity contribution in [2.45, 2.75) is 31.6 Å². The van der Waals surface area contributed by atoms with Crippen molar-refractivity contribution in [1.29, 1.82) is 0 Å². The summed E-state index contributed by atoms with van der Waals surface area (Å²) in [6, 6.07) is 2.06. The molecule has 0 aliphatic rings. The van der Waals surface area contributed by atoms with E-state index in [2.05, 4.69) is 10.0 Å². The van der Waals surface area contributed by atoms with Crippen LogP contribution in [0.15, 0.2) is 22.1 Å². The van der Waals surface area contributed by atoms with Crippen molar-refractivity contribution in [3.63, 3.8) is 0 Å². The topological polar surface area (TPSA) is 82.9 Å². The van der Waals surface area contributed by atoms with Crippen LogP contribution in [0.2, 0.25) is 5.02 Å². The Morgan fingerprint density at radius 3 is 2.71 bits per heavy atom. The van der Waals surface area contributed by atoms with E-state index >= 15 is 0 Å². The predicted octanol–water partition coefficient (Wildman–Crippen LogP) is 4.98. The molecule has 0 heterocycles. The zero-order chi connectivity index (χ0) is 16.0. The highest BCUT2D eigenvalue weighted by Crippen LogP contribution is 2.31. The van der Waals surface area contributed by atoms with Gasteiger partial charge in [0.2, 0.25) is 0 Å². The van der Waals surface area contributed by atoms with Gasteiger partial charge in [0.1, 0.15) is 5.82 Å². The third-order valence-electron chi connectivity index (χ3n) is 2.54. The summed E-state index contributed by atoms with van der Waals surface area (Å²) in [6.07, 6.45) is 1.09. The Morgan fingerprint density at radius 1 is 1.48 bits per heavy atom. The smallest absolute Gasteiger partial charge is 0.252 e. The lowest BCUT2D eigenvalue weighted by molar-refractivity contribution is -0.111. The third kappa shape index (κ3) is 5.38. The van der Waals surface area contributed by atoms with Gasteiger partial charge in [0.05, 0.1) is 10.6 Å². The second-order valence-corrected chi connectivity index (χ2v) is 6.17. The van der Waals surface area contributed by atoms with Crippen LogP contribution in [0, 0.1) is 11.7 Å². The van der Waals surface area contributed by atoms with Gasteiger partial charge >= 0.3 is 0 Å². The second kappa shape index (κ2) is 8.02. The second-order valence-electron chi connectivity index (χ2n) is 4.66. The SMILES string of the molecule is CC(C)CCC(=O)Sc1cc(C(=O)N=[N+]=[N-])c(F)cc1Cl. The molecule has 8 heteroatoms. The maximum absolute atomic E-state index is 13.6. The Balaban J connectivity index is 2.97. The maximum atomic E-state index is 13.6. The van der Waals surface area contributed by atoms with Gasteiger partial charge in [0.25, 0.3) is 5.91 Å². The molecule has 1 amide bonds. The van der Waals surface area contributed by atoms with Crippen LogP contribution in [0.5, 0.6) is 0 Å². The Labute approximate surface area is 130 Å². The minimum Gasteiger partial charge on any atom is -0.287 e. The highest BCUT2D eigenvalue weighted by atomic mass is 35.5. The molecular weight excluding hydrogens is 317 g/mol. The molecule has 0 radical (unpaired) electrons. The molecular formula is C13H13ClFN3O2S. The van der Waals surface area contributed by atoms with E-state index in [9.17, 15) is 14.0 Å². The normalized spacial score (nSPS) is 10.3. The number of carbonyl (C=O) groups excluding carboxylic acids is 2. The molecule has 0 aliphatic heterocycles. The van der Waals surface area contributed by atoms with Crippen molar-refractivity contribution in [3.8, 4) is 0 Å². The number of azide groups is 1. The summed E-state index contributed by atoms with van der Waals surface area (Å²) >= 11 is 6.71. The molecule has 0 fully saturated rings. The van der Waals surface area contributed by atoms with E-state index < -0.39 is 17.3 Å². The summed E-state index contributed by atoms with van der Waals surface area (Å²) in [7, 11) is 0. The third-order valence-corrected chi connectivity index (χ3v) is 3.95. The van der Waals surface area contributed by atoms with E-state index in [0.29, 0.717) is 12.3 Å². The van der Waals surface area contributed by atoms with Gasteiger partial charge in [0.15, 0.2) is 5.12 Å². The fraction of sp³-hybridized carbons (Fsp3) is 0.385. The van der Waals surface area contributed by atoms with Crippen molar-refractivity contribution >= 4 is 34.4 Å². The highest BCUT2D eigenvalue weighted by molar-refractivity contribution is 8.13. The highest BCUT2D eigenvalue weighted by Gasteiger charge is 2.16. The van der Waals surface area contributed by atoms with E-state index in [1.165, 1.54) is 0 Å². The van der Waals surface area contributed by atoms with Gasteiger partial charge in [-0.15, -0.1) is 0 Å². The Bertz CT molecular complexity index is 616. The lowest BCUT2D eigenvalue weighted by atomic mass is 10.1. The zero-order valence-electron chi connectivity index (χ0n) is 11.5. The first kappa shape index (κ1) is 17.5. The van der Waals surface area contributed by atoms with Crippen LogP contribution in [-0.2, 0) is 4.79 Å². The molecule has 0 aromatic heterocycles. The quantitative estimate of drug-likeness (QED) is 0.330.